The number of aryl methyl sites for hydroxylation is 2. The van der Waals surface area contributed by atoms with E-state index in [9.17, 15) is 13.9 Å². The van der Waals surface area contributed by atoms with Crippen molar-refractivity contribution in [1.29, 1.82) is 0 Å². The molecule has 0 amide bonds. The van der Waals surface area contributed by atoms with Gasteiger partial charge in [0.05, 0.1) is 5.69 Å². The molecule has 0 saturated carbocycles. The van der Waals surface area contributed by atoms with Crippen molar-refractivity contribution >= 4 is 0 Å². The Morgan fingerprint density at radius 3 is 2.65 bits per heavy atom. The monoisotopic (exact) mass is 325 g/mol. The zero-order valence-corrected chi connectivity index (χ0v) is 13.4. The standard InChI is InChI=1S/C16H21F2N3O2/c1-10-14(11(2)21(3)20-10)8-19-7-12(22)9-23-13-4-5-15(17)16(18)6-13/h4-6,12,19,22H,7-9H2,1-3H3. The Hall–Kier alpha value is -1.99. The molecule has 7 heteroatoms. The predicted molar refractivity (Wildman–Crippen MR) is 82.2 cm³/mol. The zero-order valence-electron chi connectivity index (χ0n) is 13.4. The van der Waals surface area contributed by atoms with Gasteiger partial charge in [-0.3, -0.25) is 4.68 Å². The van der Waals surface area contributed by atoms with Crippen LogP contribution >= 0.6 is 0 Å². The molecule has 126 valence electrons. The summed E-state index contributed by atoms with van der Waals surface area (Å²) in [5.74, 6) is -1.72. The molecule has 0 aliphatic carbocycles. The third-order valence-electron chi connectivity index (χ3n) is 3.67. The predicted octanol–water partition coefficient (Wildman–Crippen LogP) is 1.84. The van der Waals surface area contributed by atoms with Gasteiger partial charge in [0.1, 0.15) is 18.5 Å². The molecule has 2 aromatic rings. The molecule has 1 atom stereocenters. The fraction of sp³-hybridized carbons (Fsp3) is 0.438. The number of hydrogen-bond donors (Lipinski definition) is 2. The third kappa shape index (κ3) is 4.49. The second kappa shape index (κ2) is 7.52. The molecule has 0 fully saturated rings. The Morgan fingerprint density at radius 1 is 1.30 bits per heavy atom. The number of hydrogen-bond acceptors (Lipinski definition) is 4. The molecule has 1 aromatic heterocycles. The Morgan fingerprint density at radius 2 is 2.04 bits per heavy atom. The Kier molecular flexibility index (Phi) is 5.68. The van der Waals surface area contributed by atoms with Gasteiger partial charge in [-0.15, -0.1) is 0 Å². The maximum atomic E-state index is 13.0. The fourth-order valence-electron chi connectivity index (χ4n) is 2.26. The molecule has 0 bridgehead atoms. The van der Waals surface area contributed by atoms with Crippen molar-refractivity contribution in [3.8, 4) is 5.75 Å². The summed E-state index contributed by atoms with van der Waals surface area (Å²) in [4.78, 5) is 0. The molecule has 0 saturated heterocycles. The number of halogens is 2. The van der Waals surface area contributed by atoms with Gasteiger partial charge >= 0.3 is 0 Å². The molecule has 0 aliphatic rings. The van der Waals surface area contributed by atoms with Crippen LogP contribution in [0.2, 0.25) is 0 Å². The minimum Gasteiger partial charge on any atom is -0.491 e. The van der Waals surface area contributed by atoms with Crippen molar-refractivity contribution in [1.82, 2.24) is 15.1 Å². The topological polar surface area (TPSA) is 59.3 Å². The summed E-state index contributed by atoms with van der Waals surface area (Å²) < 4.78 is 32.9. The molecular formula is C16H21F2N3O2. The average molecular weight is 325 g/mol. The second-order valence-electron chi connectivity index (χ2n) is 5.44. The lowest BCUT2D eigenvalue weighted by molar-refractivity contribution is 0.106. The van der Waals surface area contributed by atoms with Crippen LogP contribution in [0, 0.1) is 25.5 Å². The first kappa shape index (κ1) is 17.4. The molecule has 1 unspecified atom stereocenters. The van der Waals surface area contributed by atoms with E-state index >= 15 is 0 Å². The molecule has 5 nitrogen and oxygen atoms in total. The number of rotatable bonds is 7. The smallest absolute Gasteiger partial charge is 0.162 e. The van der Waals surface area contributed by atoms with E-state index in [1.807, 2.05) is 25.6 Å². The lowest BCUT2D eigenvalue weighted by atomic mass is 10.2. The van der Waals surface area contributed by atoms with Gasteiger partial charge in [0.2, 0.25) is 0 Å². The number of aromatic nitrogens is 2. The molecule has 0 spiro atoms. The minimum absolute atomic E-state index is 0.0108. The first-order valence-corrected chi connectivity index (χ1v) is 7.34. The Balaban J connectivity index is 1.76. The van der Waals surface area contributed by atoms with E-state index in [4.69, 9.17) is 4.74 Å². The SMILES string of the molecule is Cc1nn(C)c(C)c1CNCC(O)COc1ccc(F)c(F)c1. The second-order valence-corrected chi connectivity index (χ2v) is 5.44. The van der Waals surface area contributed by atoms with Crippen molar-refractivity contribution in [2.75, 3.05) is 13.2 Å². The third-order valence-corrected chi connectivity index (χ3v) is 3.67. The lowest BCUT2D eigenvalue weighted by Crippen LogP contribution is -2.31. The van der Waals surface area contributed by atoms with Crippen LogP contribution in [0.5, 0.6) is 5.75 Å². The van der Waals surface area contributed by atoms with Crippen LogP contribution in [0.15, 0.2) is 18.2 Å². The minimum atomic E-state index is -0.974. The van der Waals surface area contributed by atoms with E-state index in [1.54, 1.807) is 0 Å². The number of nitrogens with zero attached hydrogens (tertiary/aromatic N) is 2. The highest BCUT2D eigenvalue weighted by atomic mass is 19.2. The first-order chi connectivity index (χ1) is 10.9. The first-order valence-electron chi connectivity index (χ1n) is 7.34. The highest BCUT2D eigenvalue weighted by molar-refractivity contribution is 5.24. The van der Waals surface area contributed by atoms with Gasteiger partial charge in [0.15, 0.2) is 11.6 Å². The highest BCUT2D eigenvalue weighted by Crippen LogP contribution is 2.15. The molecule has 2 rings (SSSR count). The van der Waals surface area contributed by atoms with Gasteiger partial charge in [-0.05, 0) is 26.0 Å². The summed E-state index contributed by atoms with van der Waals surface area (Å²) >= 11 is 0. The fourth-order valence-corrected chi connectivity index (χ4v) is 2.26. The zero-order chi connectivity index (χ0) is 17.0. The van der Waals surface area contributed by atoms with Gasteiger partial charge in [0.25, 0.3) is 0 Å². The van der Waals surface area contributed by atoms with Crippen molar-refractivity contribution < 1.29 is 18.6 Å². The van der Waals surface area contributed by atoms with Gasteiger partial charge in [-0.1, -0.05) is 0 Å². The van der Waals surface area contributed by atoms with Crippen LogP contribution in [-0.2, 0) is 13.6 Å². The summed E-state index contributed by atoms with van der Waals surface area (Å²) in [5, 5.41) is 17.3. The molecule has 23 heavy (non-hydrogen) atoms. The van der Waals surface area contributed by atoms with Gasteiger partial charge in [-0.2, -0.15) is 5.10 Å². The van der Waals surface area contributed by atoms with E-state index in [0.717, 1.165) is 29.1 Å². The maximum absolute atomic E-state index is 13.0. The van der Waals surface area contributed by atoms with E-state index in [2.05, 4.69) is 10.4 Å². The summed E-state index contributed by atoms with van der Waals surface area (Å²) in [6.07, 6.45) is -0.764. The summed E-state index contributed by atoms with van der Waals surface area (Å²) in [7, 11) is 1.89. The molecule has 0 radical (unpaired) electrons. The maximum Gasteiger partial charge on any atom is 0.162 e. The normalized spacial score (nSPS) is 12.4. The van der Waals surface area contributed by atoms with Crippen LogP contribution in [-0.4, -0.2) is 34.1 Å². The van der Waals surface area contributed by atoms with E-state index in [1.165, 1.54) is 6.07 Å². The quantitative estimate of drug-likeness (QED) is 0.816. The highest BCUT2D eigenvalue weighted by Gasteiger charge is 2.11. The van der Waals surface area contributed by atoms with Crippen LogP contribution < -0.4 is 10.1 Å². The van der Waals surface area contributed by atoms with Crippen molar-refractivity contribution in [2.24, 2.45) is 7.05 Å². The number of aliphatic hydroxyl groups excluding tert-OH is 1. The average Bonchev–Trinajstić information content (AvgIpc) is 2.74. The van der Waals surface area contributed by atoms with E-state index < -0.39 is 17.7 Å². The number of benzene rings is 1. The largest absolute Gasteiger partial charge is 0.491 e. The Labute approximate surface area is 133 Å². The van der Waals surface area contributed by atoms with Crippen LogP contribution in [0.3, 0.4) is 0 Å². The van der Waals surface area contributed by atoms with E-state index in [0.29, 0.717) is 13.1 Å². The summed E-state index contributed by atoms with van der Waals surface area (Å²) in [6.45, 7) is 4.82. The molecule has 1 heterocycles. The van der Waals surface area contributed by atoms with Crippen molar-refractivity contribution in [3.05, 3.63) is 46.8 Å². The lowest BCUT2D eigenvalue weighted by Gasteiger charge is -2.13. The molecule has 0 aliphatic heterocycles. The summed E-state index contributed by atoms with van der Waals surface area (Å²) in [5.41, 5.74) is 3.12. The van der Waals surface area contributed by atoms with E-state index in [-0.39, 0.29) is 12.4 Å². The van der Waals surface area contributed by atoms with Crippen LogP contribution in [0.1, 0.15) is 17.0 Å². The van der Waals surface area contributed by atoms with Gasteiger partial charge < -0.3 is 15.2 Å². The number of ether oxygens (including phenoxy) is 1. The van der Waals surface area contributed by atoms with Gasteiger partial charge in [-0.25, -0.2) is 8.78 Å². The molecular weight excluding hydrogens is 304 g/mol. The molecule has 2 N–H and O–H groups in total. The number of nitrogens with one attached hydrogen (secondary N) is 1. The number of aliphatic hydroxyl groups is 1. The van der Waals surface area contributed by atoms with Crippen LogP contribution in [0.4, 0.5) is 8.78 Å². The summed E-state index contributed by atoms with van der Waals surface area (Å²) in [6, 6.07) is 3.27. The van der Waals surface area contributed by atoms with Gasteiger partial charge in [0, 0.05) is 37.5 Å². The van der Waals surface area contributed by atoms with Crippen molar-refractivity contribution in [3.63, 3.8) is 0 Å². The molecule has 1 aromatic carbocycles. The van der Waals surface area contributed by atoms with Crippen LogP contribution in [0.25, 0.3) is 0 Å². The van der Waals surface area contributed by atoms with Crippen molar-refractivity contribution in [2.45, 2.75) is 26.5 Å². The Bertz CT molecular complexity index is 674.